The van der Waals surface area contributed by atoms with Gasteiger partial charge in [0.2, 0.25) is 0 Å². The molecular formula is C28H33N5O4. The van der Waals surface area contributed by atoms with Crippen LogP contribution < -0.4 is 10.1 Å². The van der Waals surface area contributed by atoms with Gasteiger partial charge in [0.15, 0.2) is 5.75 Å². The van der Waals surface area contributed by atoms with Gasteiger partial charge in [0.1, 0.15) is 11.8 Å². The lowest BCUT2D eigenvalue weighted by Crippen LogP contribution is -2.49. The van der Waals surface area contributed by atoms with Gasteiger partial charge in [-0.15, -0.1) is 0 Å². The van der Waals surface area contributed by atoms with Gasteiger partial charge in [-0.2, -0.15) is 0 Å². The van der Waals surface area contributed by atoms with Crippen molar-refractivity contribution in [2.24, 2.45) is 5.92 Å². The molecular weight excluding hydrogens is 470 g/mol. The van der Waals surface area contributed by atoms with E-state index in [9.17, 15) is 14.7 Å². The highest BCUT2D eigenvalue weighted by atomic mass is 16.5. The predicted molar refractivity (Wildman–Crippen MR) is 140 cm³/mol. The van der Waals surface area contributed by atoms with Crippen LogP contribution in [0.5, 0.6) is 5.75 Å². The number of para-hydroxylation sites is 1. The number of amides is 2. The van der Waals surface area contributed by atoms with Crippen LogP contribution in [0.3, 0.4) is 0 Å². The molecule has 37 heavy (non-hydrogen) atoms. The van der Waals surface area contributed by atoms with Crippen molar-refractivity contribution in [2.45, 2.75) is 32.5 Å². The highest BCUT2D eigenvalue weighted by Gasteiger charge is 2.34. The molecule has 2 amide bonds. The normalized spacial score (nSPS) is 18.4. The van der Waals surface area contributed by atoms with Crippen molar-refractivity contribution < 1.29 is 19.4 Å². The Labute approximate surface area is 217 Å². The van der Waals surface area contributed by atoms with E-state index in [4.69, 9.17) is 4.74 Å². The summed E-state index contributed by atoms with van der Waals surface area (Å²) in [7, 11) is 2.03. The van der Waals surface area contributed by atoms with Crippen molar-refractivity contribution in [3.63, 3.8) is 0 Å². The molecule has 194 valence electrons. The van der Waals surface area contributed by atoms with Crippen molar-refractivity contribution in [3.8, 4) is 5.75 Å². The van der Waals surface area contributed by atoms with Gasteiger partial charge in [-0.1, -0.05) is 43.3 Å². The number of nitrogens with one attached hydrogen (secondary N) is 1. The van der Waals surface area contributed by atoms with Crippen LogP contribution in [0.2, 0.25) is 0 Å². The van der Waals surface area contributed by atoms with Gasteiger partial charge in [-0.3, -0.25) is 19.5 Å². The number of aliphatic hydroxyl groups excluding tert-OH is 1. The van der Waals surface area contributed by atoms with Gasteiger partial charge in [-0.05, 0) is 31.7 Å². The molecule has 1 aliphatic heterocycles. The summed E-state index contributed by atoms with van der Waals surface area (Å²) in [5.74, 6) is -0.446. The number of carbonyl (C=O) groups excluding carboxylic acids is 2. The highest BCUT2D eigenvalue weighted by Crippen LogP contribution is 2.35. The standard InChI is InChI=1S/C28H33N5O4/c1-19-15-33(20(2)18-34)28(36)22-10-7-11-23(31-27(35)24-14-29-12-13-30-24)26(22)37-25(19)17-32(3)16-21-8-5-4-6-9-21/h4-14,19-20,25,34H,15-18H2,1-3H3,(H,31,35)/t19-,20+,25-/m0/s1. The Morgan fingerprint density at radius 3 is 2.70 bits per heavy atom. The van der Waals surface area contributed by atoms with E-state index in [0.717, 1.165) is 6.54 Å². The lowest BCUT2D eigenvalue weighted by Gasteiger charge is -2.38. The van der Waals surface area contributed by atoms with Crippen molar-refractivity contribution in [1.29, 1.82) is 0 Å². The number of ether oxygens (including phenoxy) is 1. The zero-order valence-electron chi connectivity index (χ0n) is 21.4. The summed E-state index contributed by atoms with van der Waals surface area (Å²) in [5.41, 5.74) is 2.05. The van der Waals surface area contributed by atoms with Crippen LogP contribution in [0.1, 0.15) is 40.3 Å². The van der Waals surface area contributed by atoms with Crippen molar-refractivity contribution in [3.05, 3.63) is 83.9 Å². The minimum absolute atomic E-state index is 0.0481. The third-order valence-corrected chi connectivity index (χ3v) is 6.52. The van der Waals surface area contributed by atoms with E-state index in [1.54, 1.807) is 23.1 Å². The third kappa shape index (κ3) is 6.31. The number of aliphatic hydroxyl groups is 1. The van der Waals surface area contributed by atoms with Crippen LogP contribution in [0.15, 0.2) is 67.1 Å². The highest BCUT2D eigenvalue weighted by molar-refractivity contribution is 6.06. The minimum Gasteiger partial charge on any atom is -0.486 e. The lowest BCUT2D eigenvalue weighted by molar-refractivity contribution is 0.0343. The van der Waals surface area contributed by atoms with Crippen LogP contribution in [0.25, 0.3) is 0 Å². The fourth-order valence-corrected chi connectivity index (χ4v) is 4.43. The molecule has 0 saturated carbocycles. The van der Waals surface area contributed by atoms with Gasteiger partial charge < -0.3 is 20.1 Å². The molecule has 0 fully saturated rings. The van der Waals surface area contributed by atoms with Crippen LogP contribution in [-0.2, 0) is 6.54 Å². The van der Waals surface area contributed by atoms with E-state index >= 15 is 0 Å². The zero-order valence-corrected chi connectivity index (χ0v) is 21.4. The second-order valence-electron chi connectivity index (χ2n) is 9.53. The van der Waals surface area contributed by atoms with Crippen LogP contribution in [0, 0.1) is 5.92 Å². The summed E-state index contributed by atoms with van der Waals surface area (Å²) >= 11 is 0. The first-order chi connectivity index (χ1) is 17.9. The summed E-state index contributed by atoms with van der Waals surface area (Å²) in [6.07, 6.45) is 4.02. The van der Waals surface area contributed by atoms with E-state index in [2.05, 4.69) is 32.3 Å². The van der Waals surface area contributed by atoms with E-state index in [1.807, 2.05) is 39.1 Å². The van der Waals surface area contributed by atoms with E-state index in [1.165, 1.54) is 24.2 Å². The Hall–Kier alpha value is -3.82. The summed E-state index contributed by atoms with van der Waals surface area (Å²) in [6.45, 7) is 5.47. The summed E-state index contributed by atoms with van der Waals surface area (Å²) in [6, 6.07) is 14.9. The Bertz CT molecular complexity index is 1210. The van der Waals surface area contributed by atoms with Crippen LogP contribution in [-0.4, -0.2) is 75.6 Å². The molecule has 0 unspecified atom stereocenters. The molecule has 0 bridgehead atoms. The molecule has 0 radical (unpaired) electrons. The largest absolute Gasteiger partial charge is 0.486 e. The number of aromatic nitrogens is 2. The number of carbonyl (C=O) groups is 2. The molecule has 0 aliphatic carbocycles. The van der Waals surface area contributed by atoms with Gasteiger partial charge in [0.05, 0.1) is 30.1 Å². The topological polar surface area (TPSA) is 108 Å². The first kappa shape index (κ1) is 26.2. The Morgan fingerprint density at radius 2 is 2.00 bits per heavy atom. The number of benzene rings is 2. The summed E-state index contributed by atoms with van der Waals surface area (Å²) in [5, 5.41) is 12.7. The van der Waals surface area contributed by atoms with Crippen LogP contribution in [0.4, 0.5) is 5.69 Å². The summed E-state index contributed by atoms with van der Waals surface area (Å²) in [4.78, 5) is 38.4. The average molecular weight is 504 g/mol. The fraction of sp³-hybridized carbons (Fsp3) is 0.357. The quantitative estimate of drug-likeness (QED) is 0.486. The molecule has 2 N–H and O–H groups in total. The number of hydrogen-bond acceptors (Lipinski definition) is 7. The van der Waals surface area contributed by atoms with Gasteiger partial charge in [0, 0.05) is 37.9 Å². The maximum absolute atomic E-state index is 13.6. The molecule has 1 aromatic heterocycles. The SMILES string of the molecule is C[C@H](CO)N1C[C@H](C)[C@H](CN(C)Cc2ccccc2)Oc2c(NC(=O)c3cnccn3)cccc2C1=O. The predicted octanol–water partition coefficient (Wildman–Crippen LogP) is 3.08. The Morgan fingerprint density at radius 1 is 1.22 bits per heavy atom. The number of anilines is 1. The number of rotatable bonds is 8. The average Bonchev–Trinajstić information content (AvgIpc) is 2.91. The monoisotopic (exact) mass is 503 g/mol. The first-order valence-corrected chi connectivity index (χ1v) is 12.4. The van der Waals surface area contributed by atoms with Crippen molar-refractivity contribution >= 4 is 17.5 Å². The fourth-order valence-electron chi connectivity index (χ4n) is 4.43. The molecule has 3 aromatic rings. The molecule has 4 rings (SSSR count). The third-order valence-electron chi connectivity index (χ3n) is 6.52. The Kier molecular flexibility index (Phi) is 8.47. The second-order valence-corrected chi connectivity index (χ2v) is 9.53. The first-order valence-electron chi connectivity index (χ1n) is 12.4. The molecule has 9 heteroatoms. The summed E-state index contributed by atoms with van der Waals surface area (Å²) < 4.78 is 6.56. The lowest BCUT2D eigenvalue weighted by atomic mass is 9.98. The smallest absolute Gasteiger partial charge is 0.275 e. The Balaban J connectivity index is 1.67. The molecule has 0 spiro atoms. The molecule has 9 nitrogen and oxygen atoms in total. The van der Waals surface area contributed by atoms with Crippen LogP contribution >= 0.6 is 0 Å². The number of fused-ring (bicyclic) bond motifs is 1. The van der Waals surface area contributed by atoms with Gasteiger partial charge >= 0.3 is 0 Å². The second kappa shape index (κ2) is 11.9. The number of nitrogens with zero attached hydrogens (tertiary/aromatic N) is 4. The minimum atomic E-state index is -0.453. The molecule has 0 saturated heterocycles. The maximum Gasteiger partial charge on any atom is 0.275 e. The molecule has 3 atom stereocenters. The van der Waals surface area contributed by atoms with Gasteiger partial charge in [0.25, 0.3) is 11.8 Å². The maximum atomic E-state index is 13.6. The number of hydrogen-bond donors (Lipinski definition) is 2. The van der Waals surface area contributed by atoms with Gasteiger partial charge in [-0.25, -0.2) is 4.98 Å². The molecule has 1 aliphatic rings. The van der Waals surface area contributed by atoms with E-state index in [-0.39, 0.29) is 36.3 Å². The zero-order chi connectivity index (χ0) is 26.4. The molecule has 2 aromatic carbocycles. The molecule has 2 heterocycles. The number of likely N-dealkylation sites (N-methyl/N-ethyl adjacent to an activating group) is 1. The van der Waals surface area contributed by atoms with E-state index in [0.29, 0.717) is 30.1 Å². The van der Waals surface area contributed by atoms with Crippen molar-refractivity contribution in [1.82, 2.24) is 19.8 Å². The van der Waals surface area contributed by atoms with Crippen molar-refractivity contribution in [2.75, 3.05) is 32.1 Å². The van der Waals surface area contributed by atoms with E-state index < -0.39 is 5.91 Å².